The van der Waals surface area contributed by atoms with Gasteiger partial charge in [0.2, 0.25) is 5.91 Å². The van der Waals surface area contributed by atoms with Crippen molar-refractivity contribution in [1.29, 1.82) is 5.41 Å². The van der Waals surface area contributed by atoms with E-state index in [4.69, 9.17) is 16.9 Å². The van der Waals surface area contributed by atoms with Crippen molar-refractivity contribution in [1.82, 2.24) is 4.90 Å². The second-order valence-corrected chi connectivity index (χ2v) is 3.70. The lowest BCUT2D eigenvalue weighted by Crippen LogP contribution is -2.53. The number of carbonyl (C=O) groups excluding carboxylic acids is 1. The van der Waals surface area contributed by atoms with E-state index in [2.05, 4.69) is 0 Å². The van der Waals surface area contributed by atoms with Crippen molar-refractivity contribution in [2.75, 3.05) is 19.6 Å². The standard InChI is InChI=1S/C8H16N4O2/c9-6(10)5-12-3-1-8(14,2-4-12)7(11)13/h14H,1-5H2,(H3,9,10)(H2,11,13). The van der Waals surface area contributed by atoms with E-state index >= 15 is 0 Å². The molecule has 0 atom stereocenters. The molecule has 0 bridgehead atoms. The normalized spacial score (nSPS) is 21.8. The molecule has 1 amide bonds. The summed E-state index contributed by atoms with van der Waals surface area (Å²) in [5.41, 5.74) is 8.94. The summed E-state index contributed by atoms with van der Waals surface area (Å²) in [6.45, 7) is 1.47. The van der Waals surface area contributed by atoms with Crippen LogP contribution in [-0.2, 0) is 4.79 Å². The Hall–Kier alpha value is -1.14. The van der Waals surface area contributed by atoms with Crippen LogP contribution in [0.25, 0.3) is 0 Å². The Morgan fingerprint density at radius 1 is 1.43 bits per heavy atom. The van der Waals surface area contributed by atoms with Gasteiger partial charge < -0.3 is 16.6 Å². The highest BCUT2D eigenvalue weighted by Gasteiger charge is 2.37. The van der Waals surface area contributed by atoms with Crippen LogP contribution in [0.5, 0.6) is 0 Å². The summed E-state index contributed by atoms with van der Waals surface area (Å²) >= 11 is 0. The molecule has 6 nitrogen and oxygen atoms in total. The molecule has 80 valence electrons. The molecule has 1 aliphatic heterocycles. The van der Waals surface area contributed by atoms with E-state index in [-0.39, 0.29) is 5.84 Å². The molecule has 0 aromatic heterocycles. The smallest absolute Gasteiger partial charge is 0.249 e. The summed E-state index contributed by atoms with van der Waals surface area (Å²) in [4.78, 5) is 12.8. The second kappa shape index (κ2) is 3.93. The van der Waals surface area contributed by atoms with E-state index < -0.39 is 11.5 Å². The van der Waals surface area contributed by atoms with Gasteiger partial charge in [0.1, 0.15) is 11.4 Å². The lowest BCUT2D eigenvalue weighted by Gasteiger charge is -2.35. The Kier molecular flexibility index (Phi) is 3.07. The molecule has 1 saturated heterocycles. The minimum Gasteiger partial charge on any atom is -0.387 e. The minimum atomic E-state index is -1.37. The molecule has 0 aliphatic carbocycles. The molecule has 0 aromatic rings. The molecule has 14 heavy (non-hydrogen) atoms. The molecule has 0 spiro atoms. The molecule has 0 radical (unpaired) electrons. The molecule has 0 aromatic carbocycles. The number of carbonyl (C=O) groups is 1. The van der Waals surface area contributed by atoms with Gasteiger partial charge >= 0.3 is 0 Å². The third-order valence-electron chi connectivity index (χ3n) is 2.54. The molecule has 6 heteroatoms. The number of amidine groups is 1. The van der Waals surface area contributed by atoms with Gasteiger partial charge in [0.05, 0.1) is 6.54 Å². The lowest BCUT2D eigenvalue weighted by molar-refractivity contribution is -0.140. The monoisotopic (exact) mass is 200 g/mol. The Balaban J connectivity index is 2.45. The lowest BCUT2D eigenvalue weighted by atomic mass is 9.91. The van der Waals surface area contributed by atoms with Crippen LogP contribution in [0.2, 0.25) is 0 Å². The molecule has 1 heterocycles. The third kappa shape index (κ3) is 2.43. The quantitative estimate of drug-likeness (QED) is 0.319. The van der Waals surface area contributed by atoms with Crippen molar-refractivity contribution in [3.63, 3.8) is 0 Å². The Morgan fingerprint density at radius 2 is 1.93 bits per heavy atom. The maximum absolute atomic E-state index is 10.9. The first-order valence-electron chi connectivity index (χ1n) is 4.51. The largest absolute Gasteiger partial charge is 0.387 e. The van der Waals surface area contributed by atoms with Crippen LogP contribution in [0.1, 0.15) is 12.8 Å². The van der Waals surface area contributed by atoms with Gasteiger partial charge in [0, 0.05) is 13.1 Å². The van der Waals surface area contributed by atoms with Crippen LogP contribution >= 0.6 is 0 Å². The summed E-state index contributed by atoms with van der Waals surface area (Å²) in [7, 11) is 0. The number of piperidine rings is 1. The fraction of sp³-hybridized carbons (Fsp3) is 0.750. The maximum Gasteiger partial charge on any atom is 0.249 e. The van der Waals surface area contributed by atoms with Crippen molar-refractivity contribution in [3.05, 3.63) is 0 Å². The molecule has 1 fully saturated rings. The predicted molar refractivity (Wildman–Crippen MR) is 51.7 cm³/mol. The molecule has 6 N–H and O–H groups in total. The van der Waals surface area contributed by atoms with Gasteiger partial charge in [-0.1, -0.05) is 0 Å². The number of nitrogens with one attached hydrogen (secondary N) is 1. The minimum absolute atomic E-state index is 0.0921. The average molecular weight is 200 g/mol. The van der Waals surface area contributed by atoms with Crippen LogP contribution in [0.15, 0.2) is 0 Å². The van der Waals surface area contributed by atoms with Gasteiger partial charge in [-0.3, -0.25) is 15.1 Å². The van der Waals surface area contributed by atoms with Gasteiger partial charge in [0.15, 0.2) is 0 Å². The van der Waals surface area contributed by atoms with E-state index in [1.807, 2.05) is 4.90 Å². The average Bonchev–Trinajstić information content (AvgIpc) is 2.08. The fourth-order valence-corrected chi connectivity index (χ4v) is 1.57. The zero-order chi connectivity index (χ0) is 10.8. The first kappa shape index (κ1) is 10.9. The molecular weight excluding hydrogens is 184 g/mol. The van der Waals surface area contributed by atoms with E-state index in [0.717, 1.165) is 0 Å². The Morgan fingerprint density at radius 3 is 2.29 bits per heavy atom. The number of nitrogens with zero attached hydrogens (tertiary/aromatic N) is 1. The first-order valence-corrected chi connectivity index (χ1v) is 4.51. The van der Waals surface area contributed by atoms with Gasteiger partial charge in [-0.2, -0.15) is 0 Å². The number of hydrogen-bond donors (Lipinski definition) is 4. The second-order valence-electron chi connectivity index (χ2n) is 3.70. The van der Waals surface area contributed by atoms with Gasteiger partial charge in [-0.05, 0) is 12.8 Å². The van der Waals surface area contributed by atoms with Crippen LogP contribution in [-0.4, -0.2) is 47.0 Å². The van der Waals surface area contributed by atoms with Gasteiger partial charge in [-0.25, -0.2) is 0 Å². The zero-order valence-corrected chi connectivity index (χ0v) is 7.99. The van der Waals surface area contributed by atoms with E-state index in [1.54, 1.807) is 0 Å². The van der Waals surface area contributed by atoms with Crippen LogP contribution in [0.4, 0.5) is 0 Å². The molecule has 1 aliphatic rings. The van der Waals surface area contributed by atoms with Gasteiger partial charge in [-0.15, -0.1) is 0 Å². The topological polar surface area (TPSA) is 116 Å². The number of likely N-dealkylation sites (tertiary alicyclic amines) is 1. The van der Waals surface area contributed by atoms with Crippen LogP contribution in [0, 0.1) is 5.41 Å². The third-order valence-corrected chi connectivity index (χ3v) is 2.54. The van der Waals surface area contributed by atoms with E-state index in [0.29, 0.717) is 32.5 Å². The summed E-state index contributed by atoms with van der Waals surface area (Å²) in [5, 5.41) is 16.8. The first-order chi connectivity index (χ1) is 6.44. The summed E-state index contributed by atoms with van der Waals surface area (Å²) in [5.74, 6) is -0.575. The van der Waals surface area contributed by atoms with Crippen molar-refractivity contribution in [2.45, 2.75) is 18.4 Å². The predicted octanol–water partition coefficient (Wildman–Crippen LogP) is -1.77. The molecule has 0 unspecified atom stereocenters. The van der Waals surface area contributed by atoms with Crippen LogP contribution < -0.4 is 11.5 Å². The SMILES string of the molecule is N=C(N)CN1CCC(O)(C(N)=O)CC1. The Bertz CT molecular complexity index is 246. The Labute approximate surface area is 82.4 Å². The fourth-order valence-electron chi connectivity index (χ4n) is 1.57. The highest BCUT2D eigenvalue weighted by atomic mass is 16.3. The van der Waals surface area contributed by atoms with Crippen molar-refractivity contribution < 1.29 is 9.90 Å². The van der Waals surface area contributed by atoms with Gasteiger partial charge in [0.25, 0.3) is 0 Å². The summed E-state index contributed by atoms with van der Waals surface area (Å²) in [6, 6.07) is 0. The van der Waals surface area contributed by atoms with Crippen molar-refractivity contribution >= 4 is 11.7 Å². The molecular formula is C8H16N4O2. The summed E-state index contributed by atoms with van der Waals surface area (Å²) < 4.78 is 0. The molecule has 0 saturated carbocycles. The van der Waals surface area contributed by atoms with Crippen molar-refractivity contribution in [2.24, 2.45) is 11.5 Å². The number of primary amides is 1. The van der Waals surface area contributed by atoms with Crippen LogP contribution in [0.3, 0.4) is 0 Å². The number of nitrogens with two attached hydrogens (primary N) is 2. The summed E-state index contributed by atoms with van der Waals surface area (Å²) in [6.07, 6.45) is 0.630. The highest BCUT2D eigenvalue weighted by Crippen LogP contribution is 2.21. The highest BCUT2D eigenvalue weighted by molar-refractivity contribution is 5.83. The number of rotatable bonds is 3. The van der Waals surface area contributed by atoms with Crippen molar-refractivity contribution in [3.8, 4) is 0 Å². The number of amides is 1. The zero-order valence-electron chi connectivity index (χ0n) is 7.99. The number of hydrogen-bond acceptors (Lipinski definition) is 4. The van der Waals surface area contributed by atoms with E-state index in [9.17, 15) is 9.90 Å². The molecule has 1 rings (SSSR count). The number of aliphatic hydroxyl groups is 1. The van der Waals surface area contributed by atoms with E-state index in [1.165, 1.54) is 0 Å². The maximum atomic E-state index is 10.9.